The normalized spacial score (nSPS) is 22.6. The number of rotatable bonds is 3. The molecule has 148 valence electrons. The van der Waals surface area contributed by atoms with Crippen LogP contribution in [0.15, 0.2) is 39.6 Å². The molecule has 2 aromatic carbocycles. The fourth-order valence-electron chi connectivity index (χ4n) is 3.15. The Morgan fingerprint density at radius 1 is 1.25 bits per heavy atom. The van der Waals surface area contributed by atoms with Crippen molar-refractivity contribution in [2.24, 2.45) is 4.36 Å². The van der Waals surface area contributed by atoms with Crippen molar-refractivity contribution in [3.8, 4) is 17.7 Å². The van der Waals surface area contributed by atoms with Crippen LogP contribution in [0.5, 0.6) is 11.5 Å². The van der Waals surface area contributed by atoms with Gasteiger partial charge in [0.1, 0.15) is 23.1 Å². The number of nitriles is 1. The van der Waals surface area contributed by atoms with E-state index in [9.17, 15) is 26.9 Å². The van der Waals surface area contributed by atoms with E-state index in [0.29, 0.717) is 6.07 Å². The monoisotopic (exact) mass is 414 g/mol. The molecule has 0 spiro atoms. The second-order valence-electron chi connectivity index (χ2n) is 6.43. The van der Waals surface area contributed by atoms with Crippen LogP contribution in [-0.4, -0.2) is 14.6 Å². The van der Waals surface area contributed by atoms with Crippen LogP contribution in [0.1, 0.15) is 37.0 Å². The lowest BCUT2D eigenvalue weighted by Gasteiger charge is -2.19. The van der Waals surface area contributed by atoms with Crippen LogP contribution >= 0.6 is 0 Å². The van der Waals surface area contributed by atoms with E-state index < -0.39 is 43.5 Å². The van der Waals surface area contributed by atoms with Crippen LogP contribution < -0.4 is 4.74 Å². The van der Waals surface area contributed by atoms with Gasteiger partial charge in [-0.3, -0.25) is 0 Å². The van der Waals surface area contributed by atoms with E-state index in [0.717, 1.165) is 24.4 Å². The summed E-state index contributed by atoms with van der Waals surface area (Å²) in [6.07, 6.45) is -1.36. The van der Waals surface area contributed by atoms with Crippen molar-refractivity contribution < 1.29 is 31.6 Å². The highest BCUT2D eigenvalue weighted by Gasteiger charge is 2.60. The number of alkyl halides is 2. The van der Waals surface area contributed by atoms with Crippen molar-refractivity contribution >= 4 is 9.73 Å². The first kappa shape index (κ1) is 20.1. The minimum atomic E-state index is -4.54. The number of aliphatic hydroxyl groups excluding tert-OH is 1. The molecule has 0 radical (unpaired) electrons. The molecule has 0 saturated carbocycles. The van der Waals surface area contributed by atoms with E-state index in [1.165, 1.54) is 6.07 Å². The Kier molecular flexibility index (Phi) is 4.85. The molecule has 3 rings (SSSR count). The highest BCUT2D eigenvalue weighted by Crippen LogP contribution is 2.54. The zero-order chi connectivity index (χ0) is 20.9. The number of fused-ring (bicyclic) bond motifs is 1. The van der Waals surface area contributed by atoms with Gasteiger partial charge in [0.2, 0.25) is 6.19 Å². The Balaban J connectivity index is 2.26. The van der Waals surface area contributed by atoms with E-state index in [4.69, 9.17) is 10.00 Å². The van der Waals surface area contributed by atoms with Crippen LogP contribution in [-0.2, 0) is 9.73 Å². The molecule has 1 N–H and O–H groups in total. The molecule has 0 fully saturated rings. The Bertz CT molecular complexity index is 1100. The van der Waals surface area contributed by atoms with Crippen molar-refractivity contribution in [2.45, 2.75) is 36.0 Å². The van der Waals surface area contributed by atoms with Gasteiger partial charge in [-0.1, -0.05) is 13.8 Å². The first-order valence-electron chi connectivity index (χ1n) is 8.04. The first-order valence-corrected chi connectivity index (χ1v) is 9.56. The van der Waals surface area contributed by atoms with Gasteiger partial charge >= 0.3 is 5.25 Å². The minimum absolute atomic E-state index is 0.0470. The summed E-state index contributed by atoms with van der Waals surface area (Å²) in [5.41, 5.74) is -0.286. The standard InChI is InChI=1S/C18H14F4N2O3S/c1-9(2)15-13(27-12-6-10(19)5-11(20)7-12)3-4-14-16(15)17(25)18(21,22)28(14,26)24-8-23/h3-7,9,17,25H,1-2H3. The molecule has 0 saturated heterocycles. The predicted molar refractivity (Wildman–Crippen MR) is 91.3 cm³/mol. The second-order valence-corrected chi connectivity index (χ2v) is 8.65. The third kappa shape index (κ3) is 2.91. The molecule has 28 heavy (non-hydrogen) atoms. The average molecular weight is 414 g/mol. The lowest BCUT2D eigenvalue weighted by molar-refractivity contribution is -0.0360. The summed E-state index contributed by atoms with van der Waals surface area (Å²) in [5.74, 6) is -2.57. The molecule has 5 nitrogen and oxygen atoms in total. The number of hydrogen-bond acceptors (Lipinski definition) is 5. The van der Waals surface area contributed by atoms with E-state index in [1.54, 1.807) is 13.8 Å². The molecule has 2 aromatic rings. The Hall–Kier alpha value is -2.64. The topological polar surface area (TPSA) is 82.7 Å². The number of halogens is 4. The number of hydrogen-bond donors (Lipinski definition) is 1. The summed E-state index contributed by atoms with van der Waals surface area (Å²) >= 11 is 0. The Morgan fingerprint density at radius 3 is 2.39 bits per heavy atom. The summed E-state index contributed by atoms with van der Waals surface area (Å²) in [6, 6.07) is 4.65. The van der Waals surface area contributed by atoms with Crippen LogP contribution in [0.25, 0.3) is 0 Å². The highest BCUT2D eigenvalue weighted by molar-refractivity contribution is 7.95. The van der Waals surface area contributed by atoms with Gasteiger partial charge in [-0.25, -0.2) is 13.0 Å². The summed E-state index contributed by atoms with van der Waals surface area (Å²) in [4.78, 5) is -0.465. The van der Waals surface area contributed by atoms with E-state index in [1.807, 2.05) is 0 Å². The summed E-state index contributed by atoms with van der Waals surface area (Å²) in [5, 5.41) is 14.7. The molecule has 1 aliphatic heterocycles. The fraction of sp³-hybridized carbons (Fsp3) is 0.278. The van der Waals surface area contributed by atoms with Gasteiger partial charge in [0.25, 0.3) is 0 Å². The molecule has 1 aliphatic rings. The van der Waals surface area contributed by atoms with Gasteiger partial charge in [-0.15, -0.1) is 4.36 Å². The van der Waals surface area contributed by atoms with Crippen LogP contribution in [0, 0.1) is 23.1 Å². The van der Waals surface area contributed by atoms with Crippen molar-refractivity contribution in [3.05, 3.63) is 53.1 Å². The van der Waals surface area contributed by atoms with E-state index >= 15 is 0 Å². The van der Waals surface area contributed by atoms with Gasteiger partial charge in [0.05, 0.1) is 4.90 Å². The average Bonchev–Trinajstić information content (AvgIpc) is 2.72. The van der Waals surface area contributed by atoms with Crippen LogP contribution in [0.4, 0.5) is 17.6 Å². The Labute approximate surface area is 158 Å². The maximum absolute atomic E-state index is 14.6. The number of benzene rings is 2. The second kappa shape index (κ2) is 6.76. The van der Waals surface area contributed by atoms with Crippen molar-refractivity contribution in [1.82, 2.24) is 0 Å². The molecular weight excluding hydrogens is 400 g/mol. The molecular formula is C18H14F4N2O3S. The molecule has 0 aromatic heterocycles. The third-order valence-electron chi connectivity index (χ3n) is 4.28. The first-order chi connectivity index (χ1) is 13.0. The smallest absolute Gasteiger partial charge is 0.362 e. The van der Waals surface area contributed by atoms with Crippen molar-refractivity contribution in [2.75, 3.05) is 0 Å². The van der Waals surface area contributed by atoms with Gasteiger partial charge in [0, 0.05) is 29.3 Å². The summed E-state index contributed by atoms with van der Waals surface area (Å²) in [7, 11) is -4.54. The maximum atomic E-state index is 14.6. The van der Waals surface area contributed by atoms with Crippen molar-refractivity contribution in [1.29, 1.82) is 5.26 Å². The lowest BCUT2D eigenvalue weighted by Crippen LogP contribution is -2.28. The Morgan fingerprint density at radius 2 is 1.86 bits per heavy atom. The van der Waals surface area contributed by atoms with Gasteiger partial charge < -0.3 is 9.84 Å². The fourth-order valence-corrected chi connectivity index (χ4v) is 4.97. The number of ether oxygens (including phenoxy) is 1. The molecule has 0 amide bonds. The predicted octanol–water partition coefficient (Wildman–Crippen LogP) is 4.83. The zero-order valence-electron chi connectivity index (χ0n) is 14.6. The maximum Gasteiger partial charge on any atom is 0.362 e. The number of nitrogens with zero attached hydrogens (tertiary/aromatic N) is 2. The SMILES string of the molecule is CC(C)c1c(Oc2cc(F)cc(F)c2)ccc2c1C(O)C(F)(F)S2(=O)=NC#N. The lowest BCUT2D eigenvalue weighted by atomic mass is 9.93. The number of aliphatic hydroxyl groups is 1. The van der Waals surface area contributed by atoms with Crippen LogP contribution in [0.3, 0.4) is 0 Å². The molecule has 2 atom stereocenters. The minimum Gasteiger partial charge on any atom is -0.457 e. The summed E-state index contributed by atoms with van der Waals surface area (Å²) < 4.78 is 77.1. The molecule has 10 heteroatoms. The van der Waals surface area contributed by atoms with Gasteiger partial charge in [-0.05, 0) is 18.1 Å². The van der Waals surface area contributed by atoms with Gasteiger partial charge in [-0.2, -0.15) is 14.0 Å². The van der Waals surface area contributed by atoms with E-state index in [-0.39, 0.29) is 22.6 Å². The van der Waals surface area contributed by atoms with Crippen LogP contribution in [0.2, 0.25) is 0 Å². The van der Waals surface area contributed by atoms with E-state index in [2.05, 4.69) is 4.36 Å². The zero-order valence-corrected chi connectivity index (χ0v) is 15.4. The van der Waals surface area contributed by atoms with Crippen molar-refractivity contribution in [3.63, 3.8) is 0 Å². The largest absolute Gasteiger partial charge is 0.457 e. The molecule has 0 bridgehead atoms. The molecule has 0 aliphatic carbocycles. The third-order valence-corrected chi connectivity index (χ3v) is 6.53. The summed E-state index contributed by atoms with van der Waals surface area (Å²) in [6.45, 7) is 3.22. The molecule has 1 heterocycles. The highest BCUT2D eigenvalue weighted by atomic mass is 32.2. The molecule has 2 unspecified atom stereocenters. The van der Waals surface area contributed by atoms with Gasteiger partial charge in [0.15, 0.2) is 15.8 Å². The quantitative estimate of drug-likeness (QED) is 0.576.